The Balaban J connectivity index is 2.09. The summed E-state index contributed by atoms with van der Waals surface area (Å²) >= 11 is 3.26. The van der Waals surface area contributed by atoms with Crippen molar-refractivity contribution < 1.29 is 13.5 Å². The number of hydrogen-bond acceptors (Lipinski definition) is 4. The molecule has 0 unspecified atom stereocenters. The number of benzene rings is 2. The van der Waals surface area contributed by atoms with Gasteiger partial charge < -0.3 is 10.4 Å². The smallest absolute Gasteiger partial charge is 0.240 e. The molecule has 2 rings (SSSR count). The van der Waals surface area contributed by atoms with E-state index in [1.54, 1.807) is 18.2 Å². The Kier molecular flexibility index (Phi) is 4.87. The summed E-state index contributed by atoms with van der Waals surface area (Å²) < 4.78 is 26.1. The van der Waals surface area contributed by atoms with E-state index in [2.05, 4.69) is 26.0 Å². The van der Waals surface area contributed by atoms with Gasteiger partial charge in [0.2, 0.25) is 10.0 Å². The molecule has 0 aliphatic heterocycles. The number of sulfonamides is 1. The second-order valence-electron chi connectivity index (χ2n) is 4.33. The first-order valence-corrected chi connectivity index (χ1v) is 8.45. The van der Waals surface area contributed by atoms with Crippen LogP contribution in [0.5, 0.6) is 5.75 Å². The van der Waals surface area contributed by atoms with Crippen LogP contribution in [0.1, 0.15) is 5.56 Å². The second-order valence-corrected chi connectivity index (χ2v) is 7.07. The summed E-state index contributed by atoms with van der Waals surface area (Å²) in [5.74, 6) is 0.194. The van der Waals surface area contributed by atoms with Crippen LogP contribution in [0.4, 0.5) is 5.69 Å². The van der Waals surface area contributed by atoms with Gasteiger partial charge in [0.05, 0.1) is 9.37 Å². The highest BCUT2D eigenvalue weighted by Gasteiger charge is 2.10. The standard InChI is InChI=1S/C14H15BrN2O3S/c1-16-21(19,20)12-7-5-11(6-8-12)17-9-10-3-2-4-13(15)14(10)18/h2-8,16-18H,9H2,1H3. The molecular weight excluding hydrogens is 356 g/mol. The molecule has 0 fully saturated rings. The Hall–Kier alpha value is -1.57. The molecule has 0 aliphatic rings. The summed E-state index contributed by atoms with van der Waals surface area (Å²) in [6.07, 6.45) is 0. The van der Waals surface area contributed by atoms with E-state index in [4.69, 9.17) is 0 Å². The second kappa shape index (κ2) is 6.46. The van der Waals surface area contributed by atoms with E-state index in [0.717, 1.165) is 11.3 Å². The van der Waals surface area contributed by atoms with Gasteiger partial charge in [-0.15, -0.1) is 0 Å². The van der Waals surface area contributed by atoms with Crippen molar-refractivity contribution in [2.45, 2.75) is 11.4 Å². The van der Waals surface area contributed by atoms with Crippen LogP contribution < -0.4 is 10.0 Å². The number of rotatable bonds is 5. The maximum atomic E-state index is 11.6. The summed E-state index contributed by atoms with van der Waals surface area (Å²) in [5.41, 5.74) is 1.51. The Morgan fingerprint density at radius 1 is 1.14 bits per heavy atom. The zero-order valence-corrected chi connectivity index (χ0v) is 13.7. The van der Waals surface area contributed by atoms with E-state index in [9.17, 15) is 13.5 Å². The Morgan fingerprint density at radius 2 is 1.81 bits per heavy atom. The maximum absolute atomic E-state index is 11.6. The molecule has 0 aliphatic carbocycles. The fraction of sp³-hybridized carbons (Fsp3) is 0.143. The number of phenolic OH excluding ortho intramolecular Hbond substituents is 1. The summed E-state index contributed by atoms with van der Waals surface area (Å²) in [4.78, 5) is 0.209. The topological polar surface area (TPSA) is 78.4 Å². The first kappa shape index (κ1) is 15.8. The average Bonchev–Trinajstić information content (AvgIpc) is 2.49. The molecule has 0 heterocycles. The van der Waals surface area contributed by atoms with E-state index in [1.807, 2.05) is 12.1 Å². The predicted molar refractivity (Wildman–Crippen MR) is 85.8 cm³/mol. The lowest BCUT2D eigenvalue weighted by Gasteiger charge is -2.10. The lowest BCUT2D eigenvalue weighted by atomic mass is 10.2. The third-order valence-corrected chi connectivity index (χ3v) is 5.06. The first-order valence-electron chi connectivity index (χ1n) is 6.18. The molecule has 0 radical (unpaired) electrons. The van der Waals surface area contributed by atoms with Crippen molar-refractivity contribution in [3.63, 3.8) is 0 Å². The minimum atomic E-state index is -3.42. The fourth-order valence-electron chi connectivity index (χ4n) is 1.77. The van der Waals surface area contributed by atoms with Gasteiger partial charge in [-0.25, -0.2) is 13.1 Å². The van der Waals surface area contributed by atoms with Crippen molar-refractivity contribution in [1.29, 1.82) is 0 Å². The summed E-state index contributed by atoms with van der Waals surface area (Å²) in [6.45, 7) is 0.434. The van der Waals surface area contributed by atoms with Gasteiger partial charge in [-0.2, -0.15) is 0 Å². The van der Waals surface area contributed by atoms with E-state index in [-0.39, 0.29) is 10.6 Å². The highest BCUT2D eigenvalue weighted by Crippen LogP contribution is 2.28. The molecule has 2 aromatic carbocycles. The van der Waals surface area contributed by atoms with Crippen molar-refractivity contribution in [2.24, 2.45) is 0 Å². The van der Waals surface area contributed by atoms with Gasteiger partial charge in [-0.1, -0.05) is 12.1 Å². The number of anilines is 1. The van der Waals surface area contributed by atoms with Crippen LogP contribution in [-0.2, 0) is 16.6 Å². The predicted octanol–water partition coefficient (Wildman–Crippen LogP) is 2.67. The van der Waals surface area contributed by atoms with Crippen LogP contribution in [0.15, 0.2) is 51.8 Å². The van der Waals surface area contributed by atoms with Gasteiger partial charge >= 0.3 is 0 Å². The van der Waals surface area contributed by atoms with Gasteiger partial charge in [-0.05, 0) is 53.3 Å². The molecule has 0 amide bonds. The number of para-hydroxylation sites is 1. The van der Waals surface area contributed by atoms with Gasteiger partial charge in [0, 0.05) is 17.8 Å². The Bertz CT molecular complexity index is 730. The fourth-order valence-corrected chi connectivity index (χ4v) is 2.91. The first-order chi connectivity index (χ1) is 9.94. The SMILES string of the molecule is CNS(=O)(=O)c1ccc(NCc2cccc(Br)c2O)cc1. The van der Waals surface area contributed by atoms with Crippen molar-refractivity contribution >= 4 is 31.6 Å². The molecule has 3 N–H and O–H groups in total. The van der Waals surface area contributed by atoms with Crippen LogP contribution in [-0.4, -0.2) is 20.6 Å². The molecular formula is C14H15BrN2O3S. The van der Waals surface area contributed by atoms with Crippen LogP contribution >= 0.6 is 15.9 Å². The molecule has 112 valence electrons. The summed E-state index contributed by atoms with van der Waals surface area (Å²) in [6, 6.07) is 11.8. The Labute approximate surface area is 132 Å². The largest absolute Gasteiger partial charge is 0.506 e. The maximum Gasteiger partial charge on any atom is 0.240 e. The van der Waals surface area contributed by atoms with Gasteiger partial charge in [0.15, 0.2) is 0 Å². The van der Waals surface area contributed by atoms with Crippen molar-refractivity contribution in [3.8, 4) is 5.75 Å². The average molecular weight is 371 g/mol. The molecule has 0 bridgehead atoms. The summed E-state index contributed by atoms with van der Waals surface area (Å²) in [5, 5.41) is 13.0. The van der Waals surface area contributed by atoms with E-state index in [1.165, 1.54) is 19.2 Å². The zero-order chi connectivity index (χ0) is 15.5. The quantitative estimate of drug-likeness (QED) is 0.755. The van der Waals surface area contributed by atoms with E-state index in [0.29, 0.717) is 11.0 Å². The number of phenols is 1. The number of halogens is 1. The molecule has 0 spiro atoms. The molecule has 5 nitrogen and oxygen atoms in total. The van der Waals surface area contributed by atoms with Crippen LogP contribution in [0.2, 0.25) is 0 Å². The van der Waals surface area contributed by atoms with Gasteiger partial charge in [0.1, 0.15) is 5.75 Å². The number of nitrogens with one attached hydrogen (secondary N) is 2. The van der Waals surface area contributed by atoms with Crippen LogP contribution in [0.25, 0.3) is 0 Å². The molecule has 7 heteroatoms. The molecule has 2 aromatic rings. The molecule has 0 aromatic heterocycles. The third kappa shape index (κ3) is 3.75. The van der Waals surface area contributed by atoms with Crippen LogP contribution in [0.3, 0.4) is 0 Å². The van der Waals surface area contributed by atoms with Crippen molar-refractivity contribution in [1.82, 2.24) is 4.72 Å². The minimum absolute atomic E-state index is 0.194. The van der Waals surface area contributed by atoms with E-state index >= 15 is 0 Å². The molecule has 0 atom stereocenters. The normalized spacial score (nSPS) is 11.3. The lowest BCUT2D eigenvalue weighted by molar-refractivity contribution is 0.465. The van der Waals surface area contributed by atoms with E-state index < -0.39 is 10.0 Å². The number of aromatic hydroxyl groups is 1. The lowest BCUT2D eigenvalue weighted by Crippen LogP contribution is -2.18. The third-order valence-electron chi connectivity index (χ3n) is 2.99. The van der Waals surface area contributed by atoms with Gasteiger partial charge in [0.25, 0.3) is 0 Å². The zero-order valence-electron chi connectivity index (χ0n) is 11.3. The number of hydrogen-bond donors (Lipinski definition) is 3. The van der Waals surface area contributed by atoms with Crippen LogP contribution in [0, 0.1) is 0 Å². The molecule has 0 saturated heterocycles. The Morgan fingerprint density at radius 3 is 2.43 bits per heavy atom. The molecule has 21 heavy (non-hydrogen) atoms. The highest BCUT2D eigenvalue weighted by molar-refractivity contribution is 9.10. The summed E-state index contributed by atoms with van der Waals surface area (Å²) in [7, 11) is -2.05. The monoisotopic (exact) mass is 370 g/mol. The highest BCUT2D eigenvalue weighted by atomic mass is 79.9. The van der Waals surface area contributed by atoms with Gasteiger partial charge in [-0.3, -0.25) is 0 Å². The molecule has 0 saturated carbocycles. The minimum Gasteiger partial charge on any atom is -0.506 e. The van der Waals surface area contributed by atoms with Crippen molar-refractivity contribution in [2.75, 3.05) is 12.4 Å². The van der Waals surface area contributed by atoms with Crippen molar-refractivity contribution in [3.05, 3.63) is 52.5 Å².